The van der Waals surface area contributed by atoms with Gasteiger partial charge >= 0.3 is 0 Å². The minimum absolute atomic E-state index is 0.280. The third-order valence-corrected chi connectivity index (χ3v) is 5.59. The lowest BCUT2D eigenvalue weighted by molar-refractivity contribution is -0.121. The summed E-state index contributed by atoms with van der Waals surface area (Å²) in [5.41, 5.74) is 3.51. The van der Waals surface area contributed by atoms with E-state index in [4.69, 9.17) is 4.74 Å². The van der Waals surface area contributed by atoms with Crippen molar-refractivity contribution in [1.29, 1.82) is 0 Å². The highest BCUT2D eigenvalue weighted by molar-refractivity contribution is 7.92. The highest BCUT2D eigenvalue weighted by Crippen LogP contribution is 2.22. The number of hydrogen-bond donors (Lipinski definition) is 1. The molecule has 0 saturated heterocycles. The number of rotatable bonds is 8. The molecule has 1 N–H and O–H groups in total. The summed E-state index contributed by atoms with van der Waals surface area (Å²) < 4.78 is 31.5. The van der Waals surface area contributed by atoms with Crippen molar-refractivity contribution < 1.29 is 17.9 Å². The Balaban J connectivity index is 2.00. The second kappa shape index (κ2) is 9.10. The lowest BCUT2D eigenvalue weighted by atomic mass is 10.1. The zero-order valence-corrected chi connectivity index (χ0v) is 17.8. The lowest BCUT2D eigenvalue weighted by Crippen LogP contribution is -2.48. The summed E-state index contributed by atoms with van der Waals surface area (Å²) in [5, 5.41) is 2.75. The summed E-state index contributed by atoms with van der Waals surface area (Å²) >= 11 is 0. The molecule has 1 unspecified atom stereocenters. The molecule has 1 atom stereocenters. The average molecular weight is 405 g/mol. The van der Waals surface area contributed by atoms with Gasteiger partial charge in [0.25, 0.3) is 0 Å². The fraction of sp³-hybridized carbons (Fsp3) is 0.381. The van der Waals surface area contributed by atoms with Crippen molar-refractivity contribution in [3.8, 4) is 5.75 Å². The van der Waals surface area contributed by atoms with Crippen LogP contribution in [0.3, 0.4) is 0 Å². The van der Waals surface area contributed by atoms with Crippen LogP contribution in [0.15, 0.2) is 42.5 Å². The molecule has 0 aliphatic rings. The van der Waals surface area contributed by atoms with E-state index < -0.39 is 16.1 Å². The minimum atomic E-state index is -3.62. The topological polar surface area (TPSA) is 75.7 Å². The second-order valence-corrected chi connectivity index (χ2v) is 8.84. The third-order valence-electron chi connectivity index (χ3n) is 4.35. The number of nitrogens with zero attached hydrogens (tertiary/aromatic N) is 1. The number of anilines is 1. The Bertz CT molecular complexity index is 941. The van der Waals surface area contributed by atoms with Crippen molar-refractivity contribution >= 4 is 21.6 Å². The first-order valence-electron chi connectivity index (χ1n) is 9.13. The second-order valence-electron chi connectivity index (χ2n) is 6.98. The molecule has 2 aromatic carbocycles. The van der Waals surface area contributed by atoms with Gasteiger partial charge in [-0.05, 0) is 62.6 Å². The Morgan fingerprint density at radius 3 is 2.43 bits per heavy atom. The van der Waals surface area contributed by atoms with Crippen LogP contribution < -0.4 is 14.4 Å². The Morgan fingerprint density at radius 1 is 1.11 bits per heavy atom. The maximum absolute atomic E-state index is 12.5. The number of amides is 1. The first-order valence-corrected chi connectivity index (χ1v) is 11.0. The van der Waals surface area contributed by atoms with E-state index >= 15 is 0 Å². The van der Waals surface area contributed by atoms with E-state index in [1.54, 1.807) is 25.1 Å². The first-order chi connectivity index (χ1) is 13.1. The van der Waals surface area contributed by atoms with Crippen LogP contribution in [0.5, 0.6) is 5.75 Å². The van der Waals surface area contributed by atoms with Gasteiger partial charge in [0.05, 0.1) is 18.5 Å². The molecule has 0 aliphatic carbocycles. The summed E-state index contributed by atoms with van der Waals surface area (Å²) in [6.45, 7) is 7.97. The quantitative estimate of drug-likeness (QED) is 0.687. The molecule has 0 spiro atoms. The molecule has 152 valence electrons. The number of aryl methyl sites for hydroxylation is 3. The van der Waals surface area contributed by atoms with E-state index in [9.17, 15) is 13.2 Å². The van der Waals surface area contributed by atoms with E-state index in [-0.39, 0.29) is 12.5 Å². The molecule has 7 heteroatoms. The molecule has 0 heterocycles. The van der Waals surface area contributed by atoms with Gasteiger partial charge in [-0.3, -0.25) is 9.10 Å². The zero-order valence-electron chi connectivity index (χ0n) is 17.0. The van der Waals surface area contributed by atoms with E-state index in [1.807, 2.05) is 45.0 Å². The van der Waals surface area contributed by atoms with Crippen LogP contribution in [-0.4, -0.2) is 39.8 Å². The van der Waals surface area contributed by atoms with Gasteiger partial charge in [0.1, 0.15) is 18.4 Å². The molecule has 0 bridgehead atoms. The third kappa shape index (κ3) is 5.73. The van der Waals surface area contributed by atoms with Crippen molar-refractivity contribution in [1.82, 2.24) is 5.32 Å². The van der Waals surface area contributed by atoms with Gasteiger partial charge < -0.3 is 10.1 Å². The van der Waals surface area contributed by atoms with Crippen LogP contribution in [0.4, 0.5) is 5.69 Å². The van der Waals surface area contributed by atoms with Crippen LogP contribution in [-0.2, 0) is 14.8 Å². The number of carbonyl (C=O) groups is 1. The Morgan fingerprint density at radius 2 is 1.79 bits per heavy atom. The SMILES string of the molecule is Cc1cccc(N(C(C)C(=O)NCCOc2cc(C)ccc2C)S(C)(=O)=O)c1. The fourth-order valence-electron chi connectivity index (χ4n) is 2.92. The lowest BCUT2D eigenvalue weighted by Gasteiger charge is -2.28. The van der Waals surface area contributed by atoms with E-state index in [0.29, 0.717) is 12.3 Å². The van der Waals surface area contributed by atoms with Crippen molar-refractivity contribution in [2.45, 2.75) is 33.7 Å². The highest BCUT2D eigenvalue weighted by Gasteiger charge is 2.28. The number of hydrogen-bond acceptors (Lipinski definition) is 4. The predicted molar refractivity (Wildman–Crippen MR) is 112 cm³/mol. The smallest absolute Gasteiger partial charge is 0.243 e. The van der Waals surface area contributed by atoms with Crippen molar-refractivity contribution in [2.24, 2.45) is 0 Å². The average Bonchev–Trinajstić information content (AvgIpc) is 2.60. The van der Waals surface area contributed by atoms with Crippen LogP contribution in [0, 0.1) is 20.8 Å². The van der Waals surface area contributed by atoms with Crippen LogP contribution in [0.1, 0.15) is 23.6 Å². The Kier molecular flexibility index (Phi) is 7.07. The normalized spacial score (nSPS) is 12.3. The molecule has 0 aromatic heterocycles. The van der Waals surface area contributed by atoms with Crippen molar-refractivity contribution in [3.63, 3.8) is 0 Å². The van der Waals surface area contributed by atoms with Gasteiger partial charge in [0.15, 0.2) is 0 Å². The molecular weight excluding hydrogens is 376 g/mol. The molecule has 0 fully saturated rings. The van der Waals surface area contributed by atoms with Gasteiger partial charge in [0, 0.05) is 0 Å². The molecule has 2 aromatic rings. The number of sulfonamides is 1. The number of nitrogens with one attached hydrogen (secondary N) is 1. The van der Waals surface area contributed by atoms with Crippen molar-refractivity contribution in [2.75, 3.05) is 23.7 Å². The summed E-state index contributed by atoms with van der Waals surface area (Å²) in [4.78, 5) is 12.5. The number of carbonyl (C=O) groups excluding carboxylic acids is 1. The summed E-state index contributed by atoms with van der Waals surface area (Å²) in [6, 6.07) is 12.1. The number of benzene rings is 2. The van der Waals surface area contributed by atoms with Gasteiger partial charge in [-0.1, -0.05) is 24.3 Å². The van der Waals surface area contributed by atoms with Gasteiger partial charge in [0.2, 0.25) is 15.9 Å². The maximum atomic E-state index is 12.5. The van der Waals surface area contributed by atoms with Crippen LogP contribution >= 0.6 is 0 Å². The Labute approximate surface area is 167 Å². The van der Waals surface area contributed by atoms with Gasteiger partial charge in [-0.15, -0.1) is 0 Å². The molecule has 28 heavy (non-hydrogen) atoms. The van der Waals surface area contributed by atoms with Gasteiger partial charge in [-0.25, -0.2) is 8.42 Å². The maximum Gasteiger partial charge on any atom is 0.243 e. The van der Waals surface area contributed by atoms with E-state index in [1.165, 1.54) is 0 Å². The van der Waals surface area contributed by atoms with E-state index in [2.05, 4.69) is 5.32 Å². The summed E-state index contributed by atoms with van der Waals surface area (Å²) in [5.74, 6) is 0.399. The molecule has 0 saturated carbocycles. The monoisotopic (exact) mass is 404 g/mol. The first kappa shape index (κ1) is 21.8. The molecular formula is C21H28N2O4S. The van der Waals surface area contributed by atoms with Crippen LogP contribution in [0.25, 0.3) is 0 Å². The van der Waals surface area contributed by atoms with Crippen molar-refractivity contribution in [3.05, 3.63) is 59.2 Å². The van der Waals surface area contributed by atoms with Crippen LogP contribution in [0.2, 0.25) is 0 Å². The fourth-order valence-corrected chi connectivity index (χ4v) is 4.09. The molecule has 1 amide bonds. The summed E-state index contributed by atoms with van der Waals surface area (Å²) in [6.07, 6.45) is 1.10. The standard InChI is InChI=1S/C21H28N2O4S/c1-15-7-6-8-19(13-15)23(28(5,25)26)18(4)21(24)22-11-12-27-20-14-16(2)9-10-17(20)3/h6-10,13-14,18H,11-12H2,1-5H3,(H,22,24). The molecule has 0 aliphatic heterocycles. The predicted octanol–water partition coefficient (Wildman–Crippen LogP) is 2.96. The Hall–Kier alpha value is -2.54. The van der Waals surface area contributed by atoms with E-state index in [0.717, 1.165) is 33.0 Å². The highest BCUT2D eigenvalue weighted by atomic mass is 32.2. The largest absolute Gasteiger partial charge is 0.491 e. The molecule has 6 nitrogen and oxygen atoms in total. The van der Waals surface area contributed by atoms with Gasteiger partial charge in [-0.2, -0.15) is 0 Å². The summed E-state index contributed by atoms with van der Waals surface area (Å²) in [7, 11) is -3.62. The molecule has 2 rings (SSSR count). The molecule has 0 radical (unpaired) electrons. The zero-order chi connectivity index (χ0) is 20.9. The minimum Gasteiger partial charge on any atom is -0.491 e. The number of ether oxygens (including phenoxy) is 1.